The third kappa shape index (κ3) is 3.24. The molecule has 2 aliphatic heterocycles. The van der Waals surface area contributed by atoms with E-state index in [0.717, 1.165) is 36.0 Å². The van der Waals surface area contributed by atoms with E-state index in [1.54, 1.807) is 12.1 Å². The molecule has 0 bridgehead atoms. The second-order valence-electron chi connectivity index (χ2n) is 9.77. The third-order valence-corrected chi connectivity index (χ3v) is 8.02. The van der Waals surface area contributed by atoms with Crippen molar-refractivity contribution in [3.63, 3.8) is 0 Å². The average molecular weight is 450 g/mol. The van der Waals surface area contributed by atoms with Crippen LogP contribution in [0.1, 0.15) is 30.9 Å². The number of amides is 1. The van der Waals surface area contributed by atoms with Crippen LogP contribution >= 0.6 is 0 Å². The van der Waals surface area contributed by atoms with Gasteiger partial charge in [0, 0.05) is 36.7 Å². The highest BCUT2D eigenvalue weighted by Gasteiger charge is 2.68. The molecule has 6 rings (SSSR count). The standard InChI is InChI=1S/C26H28FN3O3/c1-16-11-24-18(13-28-30(24)20-5-3-19(27)4-6-20)12-22(16)26-15-29(14-23(26)17(26)2)25(31)33-21-7-9-32-10-8-21/h3-6,11-13,17,21,23H,7-10,14-15H2,1-2H3/t17-,23-,26+/m1/s1. The lowest BCUT2D eigenvalue weighted by Crippen LogP contribution is -2.38. The van der Waals surface area contributed by atoms with Crippen molar-refractivity contribution >= 4 is 17.0 Å². The van der Waals surface area contributed by atoms with Crippen LogP contribution in [0.25, 0.3) is 16.6 Å². The van der Waals surface area contributed by atoms with Gasteiger partial charge in [0.15, 0.2) is 0 Å². The number of aromatic nitrogens is 2. The number of benzene rings is 2. The number of fused-ring (bicyclic) bond motifs is 2. The molecule has 0 N–H and O–H groups in total. The number of ether oxygens (including phenoxy) is 2. The highest BCUT2D eigenvalue weighted by molar-refractivity contribution is 5.83. The number of piperidine rings is 1. The van der Waals surface area contributed by atoms with E-state index in [-0.39, 0.29) is 23.4 Å². The van der Waals surface area contributed by atoms with E-state index in [0.29, 0.717) is 31.6 Å². The lowest BCUT2D eigenvalue weighted by Gasteiger charge is -2.28. The maximum absolute atomic E-state index is 13.4. The summed E-state index contributed by atoms with van der Waals surface area (Å²) in [5.74, 6) is 0.707. The maximum Gasteiger partial charge on any atom is 0.410 e. The molecule has 1 aromatic heterocycles. The van der Waals surface area contributed by atoms with Crippen LogP contribution in [0.2, 0.25) is 0 Å². The lowest BCUT2D eigenvalue weighted by molar-refractivity contribution is -0.00961. The maximum atomic E-state index is 13.4. The molecule has 1 amide bonds. The van der Waals surface area contributed by atoms with E-state index in [1.165, 1.54) is 23.3 Å². The Bertz CT molecular complexity index is 1220. The van der Waals surface area contributed by atoms with Crippen molar-refractivity contribution in [2.24, 2.45) is 11.8 Å². The van der Waals surface area contributed by atoms with E-state index in [2.05, 4.69) is 31.1 Å². The van der Waals surface area contributed by atoms with Crippen LogP contribution in [0, 0.1) is 24.6 Å². The Hall–Kier alpha value is -2.93. The summed E-state index contributed by atoms with van der Waals surface area (Å²) in [6.45, 7) is 7.18. The molecule has 3 aromatic rings. The first-order valence-corrected chi connectivity index (χ1v) is 11.8. The minimum Gasteiger partial charge on any atom is -0.446 e. The summed E-state index contributed by atoms with van der Waals surface area (Å²) < 4.78 is 26.4. The molecule has 1 aliphatic carbocycles. The third-order valence-electron chi connectivity index (χ3n) is 8.02. The first-order valence-electron chi connectivity index (χ1n) is 11.8. The molecule has 3 fully saturated rings. The van der Waals surface area contributed by atoms with E-state index < -0.39 is 0 Å². The van der Waals surface area contributed by atoms with Gasteiger partial charge in [-0.25, -0.2) is 13.9 Å². The molecular weight excluding hydrogens is 421 g/mol. The quantitative estimate of drug-likeness (QED) is 0.586. The molecule has 2 saturated heterocycles. The van der Waals surface area contributed by atoms with E-state index >= 15 is 0 Å². The Kier molecular flexibility index (Phi) is 4.73. The van der Waals surface area contributed by atoms with Crippen molar-refractivity contribution < 1.29 is 18.7 Å². The molecule has 6 nitrogen and oxygen atoms in total. The lowest BCUT2D eigenvalue weighted by atomic mass is 9.88. The molecule has 0 radical (unpaired) electrons. The number of rotatable bonds is 3. The number of nitrogens with zero attached hydrogens (tertiary/aromatic N) is 3. The number of likely N-dealkylation sites (tertiary alicyclic amines) is 1. The first-order chi connectivity index (χ1) is 16.0. The van der Waals surface area contributed by atoms with Gasteiger partial charge in [-0.15, -0.1) is 0 Å². The van der Waals surface area contributed by atoms with Crippen molar-refractivity contribution in [2.75, 3.05) is 26.3 Å². The molecular formula is C26H28FN3O3. The van der Waals surface area contributed by atoms with Gasteiger partial charge < -0.3 is 14.4 Å². The second-order valence-corrected chi connectivity index (χ2v) is 9.77. The molecule has 1 saturated carbocycles. The number of halogens is 1. The molecule has 2 aromatic carbocycles. The largest absolute Gasteiger partial charge is 0.446 e. The smallest absolute Gasteiger partial charge is 0.410 e. The molecule has 0 unspecified atom stereocenters. The van der Waals surface area contributed by atoms with Crippen LogP contribution in [-0.4, -0.2) is 53.2 Å². The molecule has 0 spiro atoms. The van der Waals surface area contributed by atoms with Crippen molar-refractivity contribution in [1.29, 1.82) is 0 Å². The van der Waals surface area contributed by atoms with Gasteiger partial charge in [0.1, 0.15) is 11.9 Å². The zero-order chi connectivity index (χ0) is 22.7. The predicted octanol–water partition coefficient (Wildman–Crippen LogP) is 4.61. The van der Waals surface area contributed by atoms with Crippen LogP contribution in [-0.2, 0) is 14.9 Å². The first kappa shape index (κ1) is 20.7. The predicted molar refractivity (Wildman–Crippen MR) is 122 cm³/mol. The highest BCUT2D eigenvalue weighted by atomic mass is 19.1. The molecule has 3 atom stereocenters. The van der Waals surface area contributed by atoms with Gasteiger partial charge in [-0.05, 0) is 66.3 Å². The fourth-order valence-electron chi connectivity index (χ4n) is 6.07. The van der Waals surface area contributed by atoms with Crippen LogP contribution < -0.4 is 0 Å². The monoisotopic (exact) mass is 449 g/mol. The van der Waals surface area contributed by atoms with Crippen LogP contribution in [0.3, 0.4) is 0 Å². The highest BCUT2D eigenvalue weighted by Crippen LogP contribution is 2.64. The van der Waals surface area contributed by atoms with E-state index in [9.17, 15) is 9.18 Å². The van der Waals surface area contributed by atoms with E-state index in [1.807, 2.05) is 15.8 Å². The fourth-order valence-corrected chi connectivity index (χ4v) is 6.07. The number of aryl methyl sites for hydroxylation is 1. The second kappa shape index (κ2) is 7.55. The number of carbonyl (C=O) groups excluding carboxylic acids is 1. The van der Waals surface area contributed by atoms with Crippen LogP contribution in [0.4, 0.5) is 9.18 Å². The number of hydrogen-bond donors (Lipinski definition) is 0. The van der Waals surface area contributed by atoms with E-state index in [4.69, 9.17) is 9.47 Å². The van der Waals surface area contributed by atoms with Crippen molar-refractivity contribution in [3.8, 4) is 5.69 Å². The summed E-state index contributed by atoms with van der Waals surface area (Å²) in [6.07, 6.45) is 3.19. The van der Waals surface area contributed by atoms with Crippen molar-refractivity contribution in [2.45, 2.75) is 38.2 Å². The summed E-state index contributed by atoms with van der Waals surface area (Å²) >= 11 is 0. The van der Waals surface area contributed by atoms with Gasteiger partial charge in [-0.3, -0.25) is 0 Å². The van der Waals surface area contributed by atoms with Crippen molar-refractivity contribution in [3.05, 3.63) is 59.5 Å². The van der Waals surface area contributed by atoms with Crippen LogP contribution in [0.15, 0.2) is 42.6 Å². The summed E-state index contributed by atoms with van der Waals surface area (Å²) in [5.41, 5.74) is 4.30. The SMILES string of the molecule is Cc1cc2c(cnn2-c2ccc(F)cc2)cc1[C@@]12CN(C(=O)OC3CCOCC3)C[C@@H]1[C@H]2C. The Labute approximate surface area is 192 Å². The summed E-state index contributed by atoms with van der Waals surface area (Å²) in [4.78, 5) is 14.8. The minimum absolute atomic E-state index is 0.0229. The molecule has 33 heavy (non-hydrogen) atoms. The summed E-state index contributed by atoms with van der Waals surface area (Å²) in [7, 11) is 0. The van der Waals surface area contributed by atoms with Crippen molar-refractivity contribution in [1.82, 2.24) is 14.7 Å². The van der Waals surface area contributed by atoms with Gasteiger partial charge >= 0.3 is 6.09 Å². The topological polar surface area (TPSA) is 56.6 Å². The van der Waals surface area contributed by atoms with Crippen LogP contribution in [0.5, 0.6) is 0 Å². The molecule has 3 aliphatic rings. The summed E-state index contributed by atoms with van der Waals surface area (Å²) in [6, 6.07) is 10.8. The Morgan fingerprint density at radius 1 is 1.21 bits per heavy atom. The number of carbonyl (C=O) groups is 1. The van der Waals surface area contributed by atoms with Gasteiger partial charge in [0.05, 0.1) is 30.6 Å². The average Bonchev–Trinajstić information content (AvgIpc) is 3.16. The number of hydrogen-bond acceptors (Lipinski definition) is 4. The van der Waals surface area contributed by atoms with Gasteiger partial charge in [-0.2, -0.15) is 5.10 Å². The molecule has 172 valence electrons. The normalized spacial score (nSPS) is 27.1. The Balaban J connectivity index is 1.27. The molecule has 3 heterocycles. The Morgan fingerprint density at radius 2 is 1.97 bits per heavy atom. The Morgan fingerprint density at radius 3 is 2.73 bits per heavy atom. The van der Waals surface area contributed by atoms with Gasteiger partial charge in [-0.1, -0.05) is 6.92 Å². The van der Waals surface area contributed by atoms with Gasteiger partial charge in [0.2, 0.25) is 0 Å². The fraction of sp³-hybridized carbons (Fsp3) is 0.462. The molecule has 7 heteroatoms. The zero-order valence-electron chi connectivity index (χ0n) is 19.0. The zero-order valence-corrected chi connectivity index (χ0v) is 19.0. The van der Waals surface area contributed by atoms with Gasteiger partial charge in [0.25, 0.3) is 0 Å². The summed E-state index contributed by atoms with van der Waals surface area (Å²) in [5, 5.41) is 5.62. The minimum atomic E-state index is -0.261.